The molecule has 1 aliphatic heterocycles. The van der Waals surface area contributed by atoms with E-state index in [2.05, 4.69) is 51.7 Å². The predicted molar refractivity (Wildman–Crippen MR) is 113 cm³/mol. The maximum atomic E-state index is 13.3. The van der Waals surface area contributed by atoms with Crippen LogP contribution >= 0.6 is 0 Å². The first-order valence-electron chi connectivity index (χ1n) is 9.82. The Morgan fingerprint density at radius 3 is 2.42 bits per heavy atom. The van der Waals surface area contributed by atoms with E-state index in [1.807, 2.05) is 23.1 Å². The summed E-state index contributed by atoms with van der Waals surface area (Å²) in [5.74, 6) is 0.228. The fraction of sp³-hybridized carbons (Fsp3) is 0.435. The third kappa shape index (κ3) is 3.63. The third-order valence-corrected chi connectivity index (χ3v) is 7.51. The molecule has 2 aromatic rings. The van der Waals surface area contributed by atoms with E-state index in [4.69, 9.17) is 0 Å². The van der Waals surface area contributed by atoms with Crippen molar-refractivity contribution in [3.05, 3.63) is 64.2 Å². The summed E-state index contributed by atoms with van der Waals surface area (Å²) in [6, 6.07) is 12.7. The molecule has 0 N–H and O–H groups in total. The van der Waals surface area contributed by atoms with Crippen LogP contribution in [0.1, 0.15) is 52.4 Å². The molecule has 0 unspecified atom stereocenters. The van der Waals surface area contributed by atoms with Crippen LogP contribution in [0, 0.1) is 6.92 Å². The van der Waals surface area contributed by atoms with Gasteiger partial charge in [-0.2, -0.15) is 0 Å². The number of carbonyl (C=O) groups is 1. The first-order valence-corrected chi connectivity index (χ1v) is 13.3. The molecule has 0 spiro atoms. The van der Waals surface area contributed by atoms with Gasteiger partial charge in [0.2, 0.25) is 0 Å². The van der Waals surface area contributed by atoms with Crippen LogP contribution in [0.15, 0.2) is 36.4 Å². The van der Waals surface area contributed by atoms with E-state index in [0.717, 1.165) is 18.5 Å². The van der Waals surface area contributed by atoms with Gasteiger partial charge in [-0.05, 0) is 47.2 Å². The first kappa shape index (κ1) is 18.9. The molecule has 26 heavy (non-hydrogen) atoms. The third-order valence-electron chi connectivity index (χ3n) is 5.50. The van der Waals surface area contributed by atoms with Crippen LogP contribution in [0.4, 0.5) is 0 Å². The highest BCUT2D eigenvalue weighted by atomic mass is 28.3. The van der Waals surface area contributed by atoms with Crippen molar-refractivity contribution in [2.75, 3.05) is 0 Å². The lowest BCUT2D eigenvalue weighted by Gasteiger charge is -2.23. The minimum absolute atomic E-state index is 0.228. The van der Waals surface area contributed by atoms with Crippen molar-refractivity contribution in [2.45, 2.75) is 65.8 Å². The van der Waals surface area contributed by atoms with Crippen LogP contribution in [0.5, 0.6) is 0 Å². The molecule has 3 heteroatoms. The molecule has 2 aromatic carbocycles. The summed E-state index contributed by atoms with van der Waals surface area (Å²) in [6.07, 6.45) is 3.55. The van der Waals surface area contributed by atoms with Gasteiger partial charge in [0.15, 0.2) is 0 Å². The van der Waals surface area contributed by atoms with Gasteiger partial charge >= 0.3 is 0 Å². The number of rotatable bonds is 6. The molecule has 0 bridgehead atoms. The minimum Gasteiger partial charge on any atom is -0.330 e. The smallest absolute Gasteiger partial charge is 0.254 e. The van der Waals surface area contributed by atoms with Gasteiger partial charge in [-0.25, -0.2) is 0 Å². The molecule has 0 radical (unpaired) electrons. The molecule has 1 heterocycles. The topological polar surface area (TPSA) is 20.3 Å². The molecule has 1 amide bonds. The number of carbonyl (C=O) groups excluding carboxylic acids is 1. The van der Waals surface area contributed by atoms with E-state index in [1.165, 1.54) is 40.3 Å². The van der Waals surface area contributed by atoms with E-state index in [1.54, 1.807) is 0 Å². The second-order valence-corrected chi connectivity index (χ2v) is 13.6. The lowest BCUT2D eigenvalue weighted by Crippen LogP contribution is -2.42. The number of aryl methyl sites for hydroxylation is 1. The second-order valence-electron chi connectivity index (χ2n) is 8.56. The zero-order valence-electron chi connectivity index (χ0n) is 16.9. The molecular formula is C23H31NOSi. The van der Waals surface area contributed by atoms with Crippen molar-refractivity contribution in [1.82, 2.24) is 4.90 Å². The molecule has 0 saturated heterocycles. The first-order chi connectivity index (χ1) is 12.3. The summed E-state index contributed by atoms with van der Waals surface area (Å²) in [7, 11) is -1.59. The number of nitrogens with zero attached hydrogens (tertiary/aromatic N) is 1. The Hall–Kier alpha value is -1.87. The molecule has 0 aromatic heterocycles. The minimum atomic E-state index is -1.59. The van der Waals surface area contributed by atoms with Crippen LogP contribution in [-0.2, 0) is 19.5 Å². The maximum Gasteiger partial charge on any atom is 0.254 e. The monoisotopic (exact) mass is 365 g/mol. The van der Waals surface area contributed by atoms with Gasteiger partial charge in [-0.1, -0.05) is 69.4 Å². The van der Waals surface area contributed by atoms with Crippen molar-refractivity contribution in [1.29, 1.82) is 0 Å². The van der Waals surface area contributed by atoms with Crippen molar-refractivity contribution >= 4 is 19.2 Å². The average molecular weight is 366 g/mol. The Bertz CT molecular complexity index is 805. The Morgan fingerprint density at radius 1 is 1.12 bits per heavy atom. The zero-order valence-corrected chi connectivity index (χ0v) is 17.9. The Balaban J connectivity index is 2.02. The highest BCUT2D eigenvalue weighted by Crippen LogP contribution is 2.30. The Morgan fingerprint density at radius 2 is 1.81 bits per heavy atom. The summed E-state index contributed by atoms with van der Waals surface area (Å²) in [6.45, 7) is 13.0. The molecule has 0 fully saturated rings. The molecule has 0 aliphatic carbocycles. The number of unbranched alkanes of at least 4 members (excludes halogenated alkanes) is 1. The van der Waals surface area contributed by atoms with Crippen molar-refractivity contribution in [3.63, 3.8) is 0 Å². The van der Waals surface area contributed by atoms with Gasteiger partial charge in [-0.3, -0.25) is 4.79 Å². The second kappa shape index (κ2) is 7.40. The fourth-order valence-electron chi connectivity index (χ4n) is 3.91. The summed E-state index contributed by atoms with van der Waals surface area (Å²) < 4.78 is 0. The van der Waals surface area contributed by atoms with Crippen molar-refractivity contribution in [3.8, 4) is 0 Å². The van der Waals surface area contributed by atoms with Crippen LogP contribution in [-0.4, -0.2) is 18.9 Å². The summed E-state index contributed by atoms with van der Waals surface area (Å²) in [5, 5.41) is 1.35. The fourth-order valence-corrected chi connectivity index (χ4v) is 5.53. The highest BCUT2D eigenvalue weighted by Gasteiger charge is 2.35. The summed E-state index contributed by atoms with van der Waals surface area (Å²) in [5.41, 5.74) is 6.32. The molecule has 0 saturated carbocycles. The molecular weight excluding hydrogens is 334 g/mol. The van der Waals surface area contributed by atoms with Gasteiger partial charge in [-0.15, -0.1) is 0 Å². The van der Waals surface area contributed by atoms with E-state index < -0.39 is 8.07 Å². The van der Waals surface area contributed by atoms with Crippen LogP contribution < -0.4 is 5.19 Å². The van der Waals surface area contributed by atoms with Crippen LogP contribution in [0.2, 0.25) is 19.6 Å². The molecule has 0 atom stereocenters. The van der Waals surface area contributed by atoms with E-state index in [9.17, 15) is 4.79 Å². The highest BCUT2D eigenvalue weighted by molar-refractivity contribution is 6.89. The SMILES string of the molecule is CCCCc1cc([Si](C)(C)C)c2c(c1C)CN(Cc1ccccc1)C2=O. The van der Waals surface area contributed by atoms with Gasteiger partial charge in [0.25, 0.3) is 5.91 Å². The Kier molecular flexibility index (Phi) is 5.38. The molecule has 138 valence electrons. The normalized spacial score (nSPS) is 14.0. The average Bonchev–Trinajstić information content (AvgIpc) is 2.91. The zero-order chi connectivity index (χ0) is 18.9. The predicted octanol–water partition coefficient (Wildman–Crippen LogP) is 5.04. The van der Waals surface area contributed by atoms with E-state index >= 15 is 0 Å². The molecule has 2 nitrogen and oxygen atoms in total. The number of hydrogen-bond acceptors (Lipinski definition) is 1. The molecule has 1 aliphatic rings. The van der Waals surface area contributed by atoms with Crippen LogP contribution in [0.25, 0.3) is 0 Å². The van der Waals surface area contributed by atoms with Gasteiger partial charge in [0.1, 0.15) is 0 Å². The lowest BCUT2D eigenvalue weighted by atomic mass is 9.95. The quantitative estimate of drug-likeness (QED) is 0.657. The van der Waals surface area contributed by atoms with Crippen molar-refractivity contribution < 1.29 is 4.79 Å². The maximum absolute atomic E-state index is 13.3. The standard InChI is InChI=1S/C23H31NOSi/c1-6-7-13-19-14-21(26(3,4)5)22-20(17(19)2)16-24(23(22)25)15-18-11-9-8-10-12-18/h8-12,14H,6-7,13,15-16H2,1-5H3. The van der Waals surface area contributed by atoms with Gasteiger partial charge in [0.05, 0.1) is 8.07 Å². The largest absolute Gasteiger partial charge is 0.330 e. The van der Waals surface area contributed by atoms with Crippen LogP contribution in [0.3, 0.4) is 0 Å². The van der Waals surface area contributed by atoms with Gasteiger partial charge in [0, 0.05) is 18.7 Å². The Labute approximate surface area is 159 Å². The van der Waals surface area contributed by atoms with E-state index in [0.29, 0.717) is 6.54 Å². The number of hydrogen-bond donors (Lipinski definition) is 0. The van der Waals surface area contributed by atoms with E-state index in [-0.39, 0.29) is 5.91 Å². The lowest BCUT2D eigenvalue weighted by molar-refractivity contribution is 0.0767. The number of benzene rings is 2. The summed E-state index contributed by atoms with van der Waals surface area (Å²) in [4.78, 5) is 15.3. The van der Waals surface area contributed by atoms with Crippen molar-refractivity contribution in [2.24, 2.45) is 0 Å². The van der Waals surface area contributed by atoms with Gasteiger partial charge < -0.3 is 4.90 Å². The summed E-state index contributed by atoms with van der Waals surface area (Å²) >= 11 is 0. The number of fused-ring (bicyclic) bond motifs is 1. The number of amides is 1. The molecule has 3 rings (SSSR count).